The lowest BCUT2D eigenvalue weighted by Crippen LogP contribution is -2.56. The van der Waals surface area contributed by atoms with Crippen LogP contribution in [0.4, 0.5) is 0 Å². The molecule has 1 aromatic heterocycles. The van der Waals surface area contributed by atoms with Crippen LogP contribution in [0.5, 0.6) is 0 Å². The molecule has 1 saturated heterocycles. The standard InChI is InChI=1S/C21H28N2O3/c1-4-12-11-23(2)17-9-15-13-7-5-6-8-16(13)22-20(15)18(24)10-14(12)19(17)21(25)26-3/h5-8,12,14,17-19,22,24H,4,9-11H2,1-3H3/t12-,14+,17+,18+,19?/m1/s1. The predicted octanol–water partition coefficient (Wildman–Crippen LogP) is 2.89. The number of nitrogens with zero attached hydrogens (tertiary/aromatic N) is 1. The third-order valence-corrected chi connectivity index (χ3v) is 6.66. The topological polar surface area (TPSA) is 65.6 Å². The number of hydrogen-bond donors (Lipinski definition) is 2. The van der Waals surface area contributed by atoms with Crippen molar-refractivity contribution in [3.8, 4) is 0 Å². The molecule has 1 aliphatic heterocycles. The quantitative estimate of drug-likeness (QED) is 0.812. The number of likely N-dealkylation sites (N-methyl/N-ethyl adjacent to an activating group) is 1. The van der Waals surface area contributed by atoms with Gasteiger partial charge in [0.1, 0.15) is 0 Å². The maximum atomic E-state index is 12.7. The monoisotopic (exact) mass is 356 g/mol. The van der Waals surface area contributed by atoms with E-state index in [2.05, 4.69) is 36.0 Å². The summed E-state index contributed by atoms with van der Waals surface area (Å²) in [4.78, 5) is 18.5. The summed E-state index contributed by atoms with van der Waals surface area (Å²) < 4.78 is 5.20. The first-order chi connectivity index (χ1) is 12.5. The van der Waals surface area contributed by atoms with Crippen LogP contribution in [0.1, 0.15) is 37.1 Å². The fourth-order valence-electron chi connectivity index (χ4n) is 5.33. The van der Waals surface area contributed by atoms with E-state index in [4.69, 9.17) is 4.74 Å². The molecule has 1 aromatic carbocycles. The molecule has 0 spiro atoms. The number of para-hydroxylation sites is 1. The molecule has 2 aromatic rings. The molecule has 1 fully saturated rings. The van der Waals surface area contributed by atoms with Crippen LogP contribution in [-0.4, -0.2) is 47.7 Å². The molecule has 2 aliphatic rings. The van der Waals surface area contributed by atoms with Crippen molar-refractivity contribution in [2.45, 2.75) is 38.3 Å². The number of aromatic amines is 1. The lowest BCUT2D eigenvalue weighted by Gasteiger charge is -2.48. The molecular formula is C21H28N2O3. The van der Waals surface area contributed by atoms with Gasteiger partial charge in [0.25, 0.3) is 0 Å². The summed E-state index contributed by atoms with van der Waals surface area (Å²) in [5.74, 6) is 0.199. The molecule has 0 radical (unpaired) electrons. The fourth-order valence-corrected chi connectivity index (χ4v) is 5.33. The zero-order chi connectivity index (χ0) is 18.4. The van der Waals surface area contributed by atoms with Crippen LogP contribution >= 0.6 is 0 Å². The van der Waals surface area contributed by atoms with E-state index in [0.29, 0.717) is 12.3 Å². The maximum absolute atomic E-state index is 12.7. The smallest absolute Gasteiger partial charge is 0.310 e. The molecule has 4 rings (SSSR count). The summed E-state index contributed by atoms with van der Waals surface area (Å²) in [6, 6.07) is 8.28. The Balaban J connectivity index is 1.86. The number of aliphatic hydroxyl groups is 1. The highest BCUT2D eigenvalue weighted by molar-refractivity contribution is 5.85. The molecule has 140 valence electrons. The number of fused-ring (bicyclic) bond motifs is 5. The van der Waals surface area contributed by atoms with Gasteiger partial charge >= 0.3 is 5.97 Å². The molecular weight excluding hydrogens is 328 g/mol. The van der Waals surface area contributed by atoms with Crippen LogP contribution in [0.2, 0.25) is 0 Å². The number of piperidine rings is 1. The molecule has 0 amide bonds. The zero-order valence-corrected chi connectivity index (χ0v) is 15.7. The molecule has 2 heterocycles. The second kappa shape index (κ2) is 6.71. The predicted molar refractivity (Wildman–Crippen MR) is 101 cm³/mol. The molecule has 1 aliphatic carbocycles. The van der Waals surface area contributed by atoms with Gasteiger partial charge in [0.05, 0.1) is 19.1 Å². The molecule has 5 atom stereocenters. The first kappa shape index (κ1) is 17.6. The number of aliphatic hydroxyl groups excluding tert-OH is 1. The minimum absolute atomic E-state index is 0.0979. The average molecular weight is 356 g/mol. The van der Waals surface area contributed by atoms with E-state index in [1.165, 1.54) is 7.11 Å². The van der Waals surface area contributed by atoms with Crippen molar-refractivity contribution in [3.05, 3.63) is 35.5 Å². The number of carbonyl (C=O) groups is 1. The van der Waals surface area contributed by atoms with Crippen molar-refractivity contribution < 1.29 is 14.6 Å². The van der Waals surface area contributed by atoms with E-state index in [0.717, 1.165) is 41.5 Å². The molecule has 5 heteroatoms. The van der Waals surface area contributed by atoms with Crippen molar-refractivity contribution in [1.82, 2.24) is 9.88 Å². The average Bonchev–Trinajstić information content (AvgIpc) is 3.01. The van der Waals surface area contributed by atoms with E-state index < -0.39 is 6.10 Å². The van der Waals surface area contributed by atoms with Gasteiger partial charge in [0, 0.05) is 29.2 Å². The van der Waals surface area contributed by atoms with Crippen LogP contribution in [0, 0.1) is 17.8 Å². The summed E-state index contributed by atoms with van der Waals surface area (Å²) in [7, 11) is 3.59. The Bertz CT molecular complexity index is 815. The van der Waals surface area contributed by atoms with Crippen molar-refractivity contribution in [1.29, 1.82) is 0 Å². The molecule has 26 heavy (non-hydrogen) atoms. The number of likely N-dealkylation sites (tertiary alicyclic amines) is 1. The highest BCUT2D eigenvalue weighted by atomic mass is 16.5. The van der Waals surface area contributed by atoms with E-state index in [9.17, 15) is 9.90 Å². The number of methoxy groups -OCH3 is 1. The van der Waals surface area contributed by atoms with Gasteiger partial charge in [-0.1, -0.05) is 31.5 Å². The summed E-state index contributed by atoms with van der Waals surface area (Å²) >= 11 is 0. The second-order valence-corrected chi connectivity index (χ2v) is 7.91. The van der Waals surface area contributed by atoms with E-state index >= 15 is 0 Å². The van der Waals surface area contributed by atoms with Crippen LogP contribution in [0.3, 0.4) is 0 Å². The van der Waals surface area contributed by atoms with Crippen LogP contribution in [0.15, 0.2) is 24.3 Å². The molecule has 0 saturated carbocycles. The summed E-state index contributed by atoms with van der Waals surface area (Å²) in [5.41, 5.74) is 3.12. The Morgan fingerprint density at radius 3 is 2.88 bits per heavy atom. The third-order valence-electron chi connectivity index (χ3n) is 6.66. The van der Waals surface area contributed by atoms with E-state index in [-0.39, 0.29) is 23.8 Å². The van der Waals surface area contributed by atoms with E-state index in [1.807, 2.05) is 12.1 Å². The van der Waals surface area contributed by atoms with Gasteiger partial charge in [-0.05, 0) is 43.4 Å². The largest absolute Gasteiger partial charge is 0.469 e. The Hall–Kier alpha value is -1.85. The second-order valence-electron chi connectivity index (χ2n) is 7.91. The van der Waals surface area contributed by atoms with Gasteiger partial charge in [-0.25, -0.2) is 0 Å². The number of rotatable bonds is 2. The van der Waals surface area contributed by atoms with Gasteiger partial charge in [-0.2, -0.15) is 0 Å². The van der Waals surface area contributed by atoms with Crippen LogP contribution < -0.4 is 0 Å². The summed E-state index contributed by atoms with van der Waals surface area (Å²) in [5, 5.41) is 12.2. The minimum atomic E-state index is -0.576. The molecule has 1 unspecified atom stereocenters. The summed E-state index contributed by atoms with van der Waals surface area (Å²) in [6.07, 6.45) is 1.77. The van der Waals surface area contributed by atoms with Gasteiger partial charge < -0.3 is 19.7 Å². The van der Waals surface area contributed by atoms with Gasteiger partial charge in [0.2, 0.25) is 0 Å². The fraction of sp³-hybridized carbons (Fsp3) is 0.571. The van der Waals surface area contributed by atoms with Crippen molar-refractivity contribution in [3.63, 3.8) is 0 Å². The number of ether oxygens (including phenoxy) is 1. The molecule has 2 bridgehead atoms. The number of benzene rings is 1. The molecule has 5 nitrogen and oxygen atoms in total. The number of esters is 1. The first-order valence-corrected chi connectivity index (χ1v) is 9.60. The third kappa shape index (κ3) is 2.65. The lowest BCUT2D eigenvalue weighted by atomic mass is 9.67. The van der Waals surface area contributed by atoms with Crippen LogP contribution in [-0.2, 0) is 16.0 Å². The first-order valence-electron chi connectivity index (χ1n) is 9.60. The number of nitrogens with one attached hydrogen (secondary N) is 1. The van der Waals surface area contributed by atoms with E-state index in [1.54, 1.807) is 0 Å². The highest BCUT2D eigenvalue weighted by Crippen LogP contribution is 2.45. The number of carbonyl (C=O) groups excluding carboxylic acids is 1. The van der Waals surface area contributed by atoms with Gasteiger partial charge in [0.15, 0.2) is 0 Å². The Labute approximate surface area is 154 Å². The van der Waals surface area contributed by atoms with Crippen molar-refractivity contribution in [2.24, 2.45) is 17.8 Å². The highest BCUT2D eigenvalue weighted by Gasteiger charge is 2.48. The Morgan fingerprint density at radius 2 is 2.15 bits per heavy atom. The summed E-state index contributed by atoms with van der Waals surface area (Å²) in [6.45, 7) is 3.14. The number of hydrogen-bond acceptors (Lipinski definition) is 4. The van der Waals surface area contributed by atoms with Crippen LogP contribution in [0.25, 0.3) is 10.9 Å². The molecule has 2 N–H and O–H groups in total. The number of H-pyrrole nitrogens is 1. The van der Waals surface area contributed by atoms with Gasteiger partial charge in [-0.3, -0.25) is 4.79 Å². The normalized spacial score (nSPS) is 31.9. The minimum Gasteiger partial charge on any atom is -0.469 e. The zero-order valence-electron chi connectivity index (χ0n) is 15.7. The van der Waals surface area contributed by atoms with Crippen molar-refractivity contribution in [2.75, 3.05) is 20.7 Å². The Morgan fingerprint density at radius 1 is 1.38 bits per heavy atom. The maximum Gasteiger partial charge on any atom is 0.310 e. The lowest BCUT2D eigenvalue weighted by molar-refractivity contribution is -0.156. The van der Waals surface area contributed by atoms with Crippen molar-refractivity contribution >= 4 is 16.9 Å². The number of aromatic nitrogens is 1. The van der Waals surface area contributed by atoms with Gasteiger partial charge in [-0.15, -0.1) is 0 Å². The Kier molecular flexibility index (Phi) is 4.53. The SMILES string of the molecule is CC[C@@H]1CN(C)[C@H]2Cc3c([nH]c4ccccc34)[C@@H](O)C[C@@H]1C2C(=O)OC.